The van der Waals surface area contributed by atoms with E-state index in [1.54, 1.807) is 18.5 Å². The van der Waals surface area contributed by atoms with Crippen LogP contribution in [-0.2, 0) is 4.79 Å². The maximum absolute atomic E-state index is 11.4. The second kappa shape index (κ2) is 5.41. The molecule has 0 saturated carbocycles. The van der Waals surface area contributed by atoms with Gasteiger partial charge in [0.25, 0.3) is 0 Å². The molecule has 0 aliphatic rings. The van der Waals surface area contributed by atoms with Crippen molar-refractivity contribution >= 4 is 17.7 Å². The molecule has 2 N–H and O–H groups in total. The fourth-order valence-corrected chi connectivity index (χ4v) is 1.68. The Hall–Kier alpha value is -2.22. The molecule has 2 heterocycles. The van der Waals surface area contributed by atoms with Gasteiger partial charge < -0.3 is 15.1 Å². The van der Waals surface area contributed by atoms with Crippen LogP contribution in [0.4, 0.5) is 0 Å². The van der Waals surface area contributed by atoms with E-state index in [2.05, 4.69) is 9.97 Å². The molecule has 2 aromatic rings. The molecule has 0 bridgehead atoms. The lowest BCUT2D eigenvalue weighted by atomic mass is 10.6. The van der Waals surface area contributed by atoms with Crippen molar-refractivity contribution in [3.8, 4) is 11.8 Å². The molecule has 0 spiro atoms. The van der Waals surface area contributed by atoms with E-state index in [0.29, 0.717) is 9.89 Å². The third-order valence-electron chi connectivity index (χ3n) is 1.85. The van der Waals surface area contributed by atoms with E-state index in [4.69, 9.17) is 4.84 Å². The first-order chi connectivity index (χ1) is 8.66. The van der Waals surface area contributed by atoms with Crippen molar-refractivity contribution < 1.29 is 19.8 Å². The summed E-state index contributed by atoms with van der Waals surface area (Å²) in [6.07, 6.45) is 3.12. The average Bonchev–Trinajstić information content (AvgIpc) is 2.69. The molecule has 94 valence electrons. The van der Waals surface area contributed by atoms with E-state index in [-0.39, 0.29) is 17.5 Å². The van der Waals surface area contributed by atoms with Gasteiger partial charge in [0.15, 0.2) is 5.16 Å². The molecule has 0 radical (unpaired) electrons. The van der Waals surface area contributed by atoms with Gasteiger partial charge in [-0.1, -0.05) is 11.8 Å². The van der Waals surface area contributed by atoms with Gasteiger partial charge >= 0.3 is 5.97 Å². The summed E-state index contributed by atoms with van der Waals surface area (Å²) in [7, 11) is 0. The molecule has 0 aromatic carbocycles. The van der Waals surface area contributed by atoms with Crippen LogP contribution in [0.1, 0.15) is 0 Å². The summed E-state index contributed by atoms with van der Waals surface area (Å²) < 4.78 is 0.634. The second-order valence-corrected chi connectivity index (χ2v) is 4.07. The summed E-state index contributed by atoms with van der Waals surface area (Å²) in [4.78, 5) is 24.0. The van der Waals surface area contributed by atoms with Gasteiger partial charge in [-0.3, -0.25) is 0 Å². The van der Waals surface area contributed by atoms with Crippen molar-refractivity contribution in [1.82, 2.24) is 14.7 Å². The number of aromatic nitrogens is 3. The Morgan fingerprint density at radius 3 is 2.50 bits per heavy atom. The van der Waals surface area contributed by atoms with Crippen molar-refractivity contribution in [2.45, 2.75) is 5.16 Å². The van der Waals surface area contributed by atoms with Crippen molar-refractivity contribution in [2.24, 2.45) is 0 Å². The summed E-state index contributed by atoms with van der Waals surface area (Å²) in [6, 6.07) is 4.07. The van der Waals surface area contributed by atoms with Crippen molar-refractivity contribution in [3.63, 3.8) is 0 Å². The molecule has 0 aliphatic carbocycles. The number of nitrogens with zero attached hydrogens (tertiary/aromatic N) is 3. The predicted octanol–water partition coefficient (Wildman–Crippen LogP) is 0.437. The Balaban J connectivity index is 1.90. The van der Waals surface area contributed by atoms with Gasteiger partial charge in [0, 0.05) is 24.5 Å². The predicted molar refractivity (Wildman–Crippen MR) is 62.1 cm³/mol. The highest BCUT2D eigenvalue weighted by molar-refractivity contribution is 7.99. The number of hydrogen-bond donors (Lipinski definition) is 2. The standard InChI is InChI=1S/C10H9N3O4S/c14-7-2-3-8(15)13(7)17-9(16)6-18-10-11-4-1-5-12-10/h1-5,14-15H,6H2. The van der Waals surface area contributed by atoms with Crippen LogP contribution >= 0.6 is 11.8 Å². The molecule has 0 unspecified atom stereocenters. The zero-order valence-corrected chi connectivity index (χ0v) is 9.87. The fourth-order valence-electron chi connectivity index (χ4n) is 1.11. The van der Waals surface area contributed by atoms with Crippen LogP contribution in [-0.4, -0.2) is 36.6 Å². The molecule has 0 amide bonds. The summed E-state index contributed by atoms with van der Waals surface area (Å²) in [5.74, 6) is -1.40. The number of hydrogen-bond acceptors (Lipinski definition) is 7. The minimum absolute atomic E-state index is 0.0406. The summed E-state index contributed by atoms with van der Waals surface area (Å²) in [6.45, 7) is 0. The molecular formula is C10H9N3O4S. The van der Waals surface area contributed by atoms with Gasteiger partial charge in [-0.2, -0.15) is 0 Å². The fraction of sp³-hybridized carbons (Fsp3) is 0.100. The highest BCUT2D eigenvalue weighted by Crippen LogP contribution is 2.19. The van der Waals surface area contributed by atoms with E-state index >= 15 is 0 Å². The van der Waals surface area contributed by atoms with E-state index in [1.165, 1.54) is 12.1 Å². The quantitative estimate of drug-likeness (QED) is 0.612. The zero-order valence-electron chi connectivity index (χ0n) is 9.05. The molecule has 8 heteroatoms. The smallest absolute Gasteiger partial charge is 0.343 e. The molecule has 0 atom stereocenters. The second-order valence-electron chi connectivity index (χ2n) is 3.13. The van der Waals surface area contributed by atoms with Crippen LogP contribution in [0.3, 0.4) is 0 Å². The highest BCUT2D eigenvalue weighted by Gasteiger charge is 2.12. The third-order valence-corrected chi connectivity index (χ3v) is 2.70. The highest BCUT2D eigenvalue weighted by atomic mass is 32.2. The molecule has 0 saturated heterocycles. The minimum Gasteiger partial charge on any atom is -0.492 e. The van der Waals surface area contributed by atoms with Gasteiger partial charge in [0.05, 0.1) is 0 Å². The Morgan fingerprint density at radius 1 is 1.28 bits per heavy atom. The number of aromatic hydroxyl groups is 2. The molecular weight excluding hydrogens is 258 g/mol. The van der Waals surface area contributed by atoms with E-state index in [0.717, 1.165) is 11.8 Å². The van der Waals surface area contributed by atoms with Gasteiger partial charge in [-0.25, -0.2) is 14.8 Å². The number of thioether (sulfide) groups is 1. The summed E-state index contributed by atoms with van der Waals surface area (Å²) in [5, 5.41) is 19.0. The monoisotopic (exact) mass is 267 g/mol. The molecule has 2 aromatic heterocycles. The molecule has 7 nitrogen and oxygen atoms in total. The Labute approximate surface area is 106 Å². The van der Waals surface area contributed by atoms with Gasteiger partial charge in [-0.05, 0) is 6.07 Å². The molecule has 2 rings (SSSR count). The zero-order chi connectivity index (χ0) is 13.0. The molecule has 0 fully saturated rings. The first-order valence-electron chi connectivity index (χ1n) is 4.87. The number of rotatable bonds is 4. The largest absolute Gasteiger partial charge is 0.492 e. The van der Waals surface area contributed by atoms with Gasteiger partial charge in [-0.15, -0.1) is 4.73 Å². The van der Waals surface area contributed by atoms with E-state index in [1.807, 2.05) is 0 Å². The maximum Gasteiger partial charge on any atom is 0.343 e. The van der Waals surface area contributed by atoms with Crippen molar-refractivity contribution in [3.05, 3.63) is 30.6 Å². The van der Waals surface area contributed by atoms with Gasteiger partial charge in [0.2, 0.25) is 11.8 Å². The van der Waals surface area contributed by atoms with Crippen LogP contribution in [0.5, 0.6) is 11.8 Å². The topological polar surface area (TPSA) is 97.5 Å². The Kier molecular flexibility index (Phi) is 3.68. The normalized spacial score (nSPS) is 10.2. The van der Waals surface area contributed by atoms with Crippen LogP contribution < -0.4 is 4.84 Å². The SMILES string of the molecule is O=C(CSc1ncccn1)On1c(O)ccc1O. The van der Waals surface area contributed by atoms with Crippen LogP contribution in [0.2, 0.25) is 0 Å². The van der Waals surface area contributed by atoms with Gasteiger partial charge in [0.1, 0.15) is 5.75 Å². The van der Waals surface area contributed by atoms with Crippen molar-refractivity contribution in [2.75, 3.05) is 5.75 Å². The lowest BCUT2D eigenvalue weighted by Gasteiger charge is -2.05. The third kappa shape index (κ3) is 2.92. The van der Waals surface area contributed by atoms with Crippen LogP contribution in [0, 0.1) is 0 Å². The number of carbonyl (C=O) groups excluding carboxylic acids is 1. The van der Waals surface area contributed by atoms with E-state index < -0.39 is 5.97 Å². The van der Waals surface area contributed by atoms with Crippen LogP contribution in [0.25, 0.3) is 0 Å². The summed E-state index contributed by atoms with van der Waals surface area (Å²) in [5.41, 5.74) is 0. The first-order valence-corrected chi connectivity index (χ1v) is 5.86. The average molecular weight is 267 g/mol. The Bertz CT molecular complexity index is 524. The minimum atomic E-state index is -0.644. The summed E-state index contributed by atoms with van der Waals surface area (Å²) >= 11 is 1.09. The van der Waals surface area contributed by atoms with E-state index in [9.17, 15) is 15.0 Å². The molecule has 18 heavy (non-hydrogen) atoms. The maximum atomic E-state index is 11.4. The Morgan fingerprint density at radius 2 is 1.89 bits per heavy atom. The lowest BCUT2D eigenvalue weighted by molar-refractivity contribution is -0.142. The first kappa shape index (κ1) is 12.2. The van der Waals surface area contributed by atoms with Crippen LogP contribution in [0.15, 0.2) is 35.7 Å². The molecule has 0 aliphatic heterocycles. The van der Waals surface area contributed by atoms with Crippen molar-refractivity contribution in [1.29, 1.82) is 0 Å². The number of carbonyl (C=O) groups is 1. The lowest BCUT2D eigenvalue weighted by Crippen LogP contribution is -2.20.